The Kier molecular flexibility index (Phi) is 17.8. The molecule has 0 unspecified atom stereocenters. The second kappa shape index (κ2) is 13.8. The van der Waals surface area contributed by atoms with Gasteiger partial charge in [0.2, 0.25) is 0 Å². The summed E-state index contributed by atoms with van der Waals surface area (Å²) in [5.41, 5.74) is 0. The summed E-state index contributed by atoms with van der Waals surface area (Å²) in [6.07, 6.45) is 0. The fraction of sp³-hybridized carbons (Fsp3) is 1.00. The molecule has 0 saturated carbocycles. The Hall–Kier alpha value is -0.290. The van der Waals surface area contributed by atoms with Crippen molar-refractivity contribution in [2.75, 3.05) is 54.5 Å². The molecule has 0 aromatic carbocycles. The molecule has 0 aliphatic heterocycles. The molecule has 8 nitrogen and oxygen atoms in total. The summed E-state index contributed by atoms with van der Waals surface area (Å²) in [6, 6.07) is 0. The minimum atomic E-state index is -5.17. The highest BCUT2D eigenvalue weighted by atomic mass is 32.3. The lowest BCUT2D eigenvalue weighted by atomic mass is 10.6. The lowest BCUT2D eigenvalue weighted by Crippen LogP contribution is -3.06. The Morgan fingerprint density at radius 2 is 1.06 bits per heavy atom. The second-order valence-corrected chi connectivity index (χ2v) is 4.59. The predicted molar refractivity (Wildman–Crippen MR) is 60.0 cm³/mol. The van der Waals surface area contributed by atoms with Crippen molar-refractivity contribution in [1.82, 2.24) is 0 Å². The molecule has 0 aliphatic rings. The summed E-state index contributed by atoms with van der Waals surface area (Å²) < 4.78 is 34.1. The third-order valence-electron chi connectivity index (χ3n) is 1.22. The SMILES string of the molecule is C[NH+](C)CCO.C[NH+](C)CCO.O=S(=O)([O-])[O-]. The topological polar surface area (TPSA) is 130 Å². The summed E-state index contributed by atoms with van der Waals surface area (Å²) in [5.74, 6) is 0. The van der Waals surface area contributed by atoms with Crippen LogP contribution in [0.3, 0.4) is 0 Å². The standard InChI is InChI=1S/2C4H11NO.H2O4S/c2*1-5(2)3-4-6;1-5(2,3)4/h2*6H,3-4H2,1-2H3;(H2,1,2,3,4). The van der Waals surface area contributed by atoms with Gasteiger partial charge in [0.05, 0.1) is 41.4 Å². The summed E-state index contributed by atoms with van der Waals surface area (Å²) in [4.78, 5) is 2.58. The van der Waals surface area contributed by atoms with E-state index in [0.29, 0.717) is 13.2 Å². The maximum atomic E-state index is 8.52. The van der Waals surface area contributed by atoms with E-state index in [-0.39, 0.29) is 0 Å². The Bertz CT molecular complexity index is 212. The number of hydrogen-bond acceptors (Lipinski definition) is 6. The third-order valence-corrected chi connectivity index (χ3v) is 1.22. The van der Waals surface area contributed by atoms with E-state index in [4.69, 9.17) is 27.7 Å². The number of rotatable bonds is 4. The molecule has 17 heavy (non-hydrogen) atoms. The summed E-state index contributed by atoms with van der Waals surface area (Å²) >= 11 is 0. The fourth-order valence-electron chi connectivity index (χ4n) is 0.447. The molecule has 0 aliphatic carbocycles. The van der Waals surface area contributed by atoms with Gasteiger partial charge in [0, 0.05) is 10.4 Å². The number of quaternary nitrogens is 2. The van der Waals surface area contributed by atoms with Crippen LogP contribution in [0.1, 0.15) is 0 Å². The third kappa shape index (κ3) is 90.6. The van der Waals surface area contributed by atoms with Crippen molar-refractivity contribution in [3.05, 3.63) is 0 Å². The van der Waals surface area contributed by atoms with Crippen LogP contribution >= 0.6 is 0 Å². The quantitative estimate of drug-likeness (QED) is 0.300. The first-order valence-corrected chi connectivity index (χ1v) is 6.34. The van der Waals surface area contributed by atoms with Crippen LogP contribution in [0.4, 0.5) is 0 Å². The molecular weight excluding hydrogens is 252 g/mol. The normalized spacial score (nSPS) is 10.5. The molecule has 0 saturated heterocycles. The minimum absolute atomic E-state index is 0.294. The molecule has 0 atom stereocenters. The lowest BCUT2D eigenvalue weighted by Gasteiger charge is -2.06. The molecule has 4 N–H and O–H groups in total. The van der Waals surface area contributed by atoms with Gasteiger partial charge in [0.1, 0.15) is 13.1 Å². The van der Waals surface area contributed by atoms with Crippen molar-refractivity contribution < 1.29 is 37.5 Å². The van der Waals surface area contributed by atoms with E-state index < -0.39 is 10.4 Å². The van der Waals surface area contributed by atoms with Crippen molar-refractivity contribution in [2.45, 2.75) is 0 Å². The van der Waals surface area contributed by atoms with Crippen LogP contribution in [0.2, 0.25) is 0 Å². The van der Waals surface area contributed by atoms with E-state index in [2.05, 4.69) is 0 Å². The molecule has 0 fully saturated rings. The Morgan fingerprint density at radius 3 is 1.06 bits per heavy atom. The molecule has 0 spiro atoms. The molecule has 108 valence electrons. The van der Waals surface area contributed by atoms with Crippen LogP contribution < -0.4 is 9.80 Å². The van der Waals surface area contributed by atoms with E-state index in [1.165, 1.54) is 9.80 Å². The van der Waals surface area contributed by atoms with E-state index in [9.17, 15) is 0 Å². The van der Waals surface area contributed by atoms with Gasteiger partial charge in [-0.25, -0.2) is 0 Å². The van der Waals surface area contributed by atoms with E-state index in [1.807, 2.05) is 28.2 Å². The van der Waals surface area contributed by atoms with Gasteiger partial charge in [0.25, 0.3) is 0 Å². The van der Waals surface area contributed by atoms with Gasteiger partial charge in [-0.05, 0) is 0 Å². The van der Waals surface area contributed by atoms with Crippen molar-refractivity contribution in [3.63, 3.8) is 0 Å². The molecule has 0 radical (unpaired) electrons. The number of nitrogens with one attached hydrogen (secondary N) is 2. The number of aliphatic hydroxyl groups excluding tert-OH is 2. The second-order valence-electron chi connectivity index (χ2n) is 3.77. The van der Waals surface area contributed by atoms with Crippen molar-refractivity contribution in [1.29, 1.82) is 0 Å². The first kappa shape index (κ1) is 21.9. The van der Waals surface area contributed by atoms with E-state index in [1.54, 1.807) is 0 Å². The first-order chi connectivity index (χ1) is 7.54. The molecule has 0 aromatic heterocycles. The van der Waals surface area contributed by atoms with Crippen LogP contribution in [0.5, 0.6) is 0 Å². The maximum Gasteiger partial charge on any atom is 0.100 e. The van der Waals surface area contributed by atoms with Gasteiger partial charge in [-0.1, -0.05) is 0 Å². The van der Waals surface area contributed by atoms with Gasteiger partial charge < -0.3 is 29.1 Å². The molecular formula is C8H24N2O6S. The number of hydrogen-bond donors (Lipinski definition) is 4. The Labute approximate surface area is 103 Å². The zero-order chi connectivity index (χ0) is 14.5. The molecule has 0 bridgehead atoms. The molecule has 0 amide bonds. The monoisotopic (exact) mass is 276 g/mol. The van der Waals surface area contributed by atoms with Crippen molar-refractivity contribution in [2.24, 2.45) is 0 Å². The maximum absolute atomic E-state index is 8.52. The molecule has 0 heterocycles. The first-order valence-electron chi connectivity index (χ1n) is 5.01. The lowest BCUT2D eigenvalue weighted by molar-refractivity contribution is -0.858. The smallest absolute Gasteiger partial charge is 0.100 e. The zero-order valence-electron chi connectivity index (χ0n) is 10.8. The largest absolute Gasteiger partial charge is 0.759 e. The van der Waals surface area contributed by atoms with Gasteiger partial charge >= 0.3 is 0 Å². The zero-order valence-corrected chi connectivity index (χ0v) is 11.6. The summed E-state index contributed by atoms with van der Waals surface area (Å²) in [5, 5.41) is 16.4. The van der Waals surface area contributed by atoms with Crippen LogP contribution in [0, 0.1) is 0 Å². The molecule has 9 heteroatoms. The number of likely N-dealkylation sites (N-methyl/N-ethyl adjacent to an activating group) is 2. The Balaban J connectivity index is -0.000000174. The highest BCUT2D eigenvalue weighted by molar-refractivity contribution is 7.79. The summed E-state index contributed by atoms with van der Waals surface area (Å²) in [7, 11) is 2.87. The summed E-state index contributed by atoms with van der Waals surface area (Å²) in [6.45, 7) is 2.28. The molecule has 0 rings (SSSR count). The average molecular weight is 276 g/mol. The van der Waals surface area contributed by atoms with Crippen molar-refractivity contribution in [3.8, 4) is 0 Å². The highest BCUT2D eigenvalue weighted by Gasteiger charge is 1.84. The minimum Gasteiger partial charge on any atom is -0.759 e. The average Bonchev–Trinajstić information content (AvgIpc) is 2.00. The number of aliphatic hydroxyl groups is 2. The van der Waals surface area contributed by atoms with E-state index in [0.717, 1.165) is 13.1 Å². The highest BCUT2D eigenvalue weighted by Crippen LogP contribution is 1.57. The fourth-order valence-corrected chi connectivity index (χ4v) is 0.447. The Morgan fingerprint density at radius 1 is 0.882 bits per heavy atom. The van der Waals surface area contributed by atoms with Crippen LogP contribution in [-0.2, 0) is 10.4 Å². The van der Waals surface area contributed by atoms with Crippen LogP contribution in [0.25, 0.3) is 0 Å². The van der Waals surface area contributed by atoms with Gasteiger partial charge in [-0.15, -0.1) is 0 Å². The van der Waals surface area contributed by atoms with Gasteiger partial charge in [0.15, 0.2) is 0 Å². The van der Waals surface area contributed by atoms with Crippen LogP contribution in [-0.4, -0.2) is 82.2 Å². The predicted octanol–water partition coefficient (Wildman–Crippen LogP) is -5.09. The van der Waals surface area contributed by atoms with Crippen molar-refractivity contribution >= 4 is 10.4 Å². The van der Waals surface area contributed by atoms with Gasteiger partial charge in [-0.3, -0.25) is 8.42 Å². The van der Waals surface area contributed by atoms with E-state index >= 15 is 0 Å². The van der Waals surface area contributed by atoms with Gasteiger partial charge in [-0.2, -0.15) is 0 Å². The molecule has 0 aromatic rings. The van der Waals surface area contributed by atoms with Crippen LogP contribution in [0.15, 0.2) is 0 Å².